The summed E-state index contributed by atoms with van der Waals surface area (Å²) in [4.78, 5) is 24.7. The van der Waals surface area contributed by atoms with Crippen molar-refractivity contribution in [3.63, 3.8) is 0 Å². The molecule has 1 aromatic carbocycles. The zero-order valence-electron chi connectivity index (χ0n) is 11.8. The Morgan fingerprint density at radius 3 is 3.10 bits per heavy atom. The van der Waals surface area contributed by atoms with Crippen molar-refractivity contribution >= 4 is 35.0 Å². The van der Waals surface area contributed by atoms with Gasteiger partial charge >= 0.3 is 0 Å². The molecule has 1 atom stereocenters. The van der Waals surface area contributed by atoms with E-state index < -0.39 is 0 Å². The molecule has 112 valence electrons. The summed E-state index contributed by atoms with van der Waals surface area (Å²) >= 11 is 1.52. The number of hydrogen-bond acceptors (Lipinski definition) is 4. The lowest BCUT2D eigenvalue weighted by atomic mass is 10.1. The molecule has 2 aliphatic heterocycles. The summed E-state index contributed by atoms with van der Waals surface area (Å²) in [6.07, 6.45) is 4.27. The molecule has 0 aliphatic carbocycles. The first-order chi connectivity index (χ1) is 10.2. The average molecular weight is 305 g/mol. The number of fused-ring (bicyclic) bond motifs is 1. The van der Waals surface area contributed by atoms with Gasteiger partial charge in [0.1, 0.15) is 0 Å². The van der Waals surface area contributed by atoms with Crippen LogP contribution in [-0.2, 0) is 9.59 Å². The van der Waals surface area contributed by atoms with E-state index in [1.54, 1.807) is 0 Å². The Morgan fingerprint density at radius 1 is 1.29 bits per heavy atom. The van der Waals surface area contributed by atoms with E-state index in [1.165, 1.54) is 18.2 Å². The maximum Gasteiger partial charge on any atom is 0.241 e. The summed E-state index contributed by atoms with van der Waals surface area (Å²) in [5, 5.41) is 9.06. The second-order valence-electron chi connectivity index (χ2n) is 5.39. The van der Waals surface area contributed by atoms with Gasteiger partial charge in [0.15, 0.2) is 0 Å². The first-order valence-electron chi connectivity index (χ1n) is 7.33. The highest BCUT2D eigenvalue weighted by atomic mass is 32.2. The monoisotopic (exact) mass is 305 g/mol. The van der Waals surface area contributed by atoms with Crippen LogP contribution in [0.25, 0.3) is 0 Å². The van der Waals surface area contributed by atoms with E-state index in [-0.39, 0.29) is 17.9 Å². The predicted octanol–water partition coefficient (Wildman–Crippen LogP) is 2.20. The van der Waals surface area contributed by atoms with Crippen molar-refractivity contribution in [1.29, 1.82) is 0 Å². The van der Waals surface area contributed by atoms with Crippen LogP contribution in [0, 0.1) is 0 Å². The van der Waals surface area contributed by atoms with E-state index in [1.807, 2.05) is 18.2 Å². The lowest BCUT2D eigenvalue weighted by Crippen LogP contribution is -2.39. The predicted molar refractivity (Wildman–Crippen MR) is 84.7 cm³/mol. The van der Waals surface area contributed by atoms with Gasteiger partial charge in [0.05, 0.1) is 17.5 Å². The van der Waals surface area contributed by atoms with Crippen molar-refractivity contribution in [3.05, 3.63) is 18.2 Å². The number of carbonyl (C=O) groups is 2. The third-order valence-electron chi connectivity index (χ3n) is 3.76. The number of anilines is 2. The van der Waals surface area contributed by atoms with Crippen molar-refractivity contribution in [2.24, 2.45) is 0 Å². The van der Waals surface area contributed by atoms with E-state index in [4.69, 9.17) is 0 Å². The molecule has 1 unspecified atom stereocenters. The van der Waals surface area contributed by atoms with Gasteiger partial charge in [0.2, 0.25) is 11.8 Å². The van der Waals surface area contributed by atoms with Gasteiger partial charge in [-0.1, -0.05) is 12.8 Å². The fourth-order valence-electron chi connectivity index (χ4n) is 2.64. The zero-order valence-corrected chi connectivity index (χ0v) is 12.6. The largest absolute Gasteiger partial charge is 0.325 e. The fraction of sp³-hybridized carbons (Fsp3) is 0.467. The van der Waals surface area contributed by atoms with Gasteiger partial charge < -0.3 is 16.0 Å². The molecule has 2 heterocycles. The van der Waals surface area contributed by atoms with E-state index in [9.17, 15) is 9.59 Å². The van der Waals surface area contributed by atoms with Crippen molar-refractivity contribution < 1.29 is 9.59 Å². The molecule has 0 bridgehead atoms. The topological polar surface area (TPSA) is 70.2 Å². The van der Waals surface area contributed by atoms with Gasteiger partial charge in [0.25, 0.3) is 0 Å². The van der Waals surface area contributed by atoms with Gasteiger partial charge in [-0.3, -0.25) is 9.59 Å². The minimum Gasteiger partial charge on any atom is -0.325 e. The number of hydrogen-bond donors (Lipinski definition) is 3. The van der Waals surface area contributed by atoms with Crippen LogP contribution in [0.2, 0.25) is 0 Å². The highest BCUT2D eigenvalue weighted by Gasteiger charge is 2.20. The van der Waals surface area contributed by atoms with Gasteiger partial charge in [-0.25, -0.2) is 0 Å². The second-order valence-corrected chi connectivity index (χ2v) is 6.41. The van der Waals surface area contributed by atoms with Crippen LogP contribution in [0.15, 0.2) is 23.1 Å². The number of amides is 2. The molecular formula is C15H19N3O2S. The summed E-state index contributed by atoms with van der Waals surface area (Å²) in [5.41, 5.74) is 1.51. The minimum absolute atomic E-state index is 0.00131. The Morgan fingerprint density at radius 2 is 2.19 bits per heavy atom. The van der Waals surface area contributed by atoms with E-state index in [2.05, 4.69) is 16.0 Å². The Balaban J connectivity index is 1.68. The molecule has 0 aromatic heterocycles. The highest BCUT2D eigenvalue weighted by molar-refractivity contribution is 8.00. The van der Waals surface area contributed by atoms with Gasteiger partial charge in [0, 0.05) is 10.6 Å². The van der Waals surface area contributed by atoms with Crippen LogP contribution < -0.4 is 16.0 Å². The SMILES string of the molecule is O=C1CSc2ccc(NC(=O)C3CCCCCN3)cc2N1. The third-order valence-corrected chi connectivity index (χ3v) is 4.83. The summed E-state index contributed by atoms with van der Waals surface area (Å²) in [5.74, 6) is 0.457. The van der Waals surface area contributed by atoms with Crippen LogP contribution in [-0.4, -0.2) is 30.2 Å². The summed E-state index contributed by atoms with van der Waals surface area (Å²) in [7, 11) is 0. The van der Waals surface area contributed by atoms with Crippen LogP contribution in [0.4, 0.5) is 11.4 Å². The molecule has 1 aromatic rings. The second kappa shape index (κ2) is 6.49. The number of benzene rings is 1. The van der Waals surface area contributed by atoms with E-state index in [0.29, 0.717) is 5.75 Å². The Hall–Kier alpha value is -1.53. The van der Waals surface area contributed by atoms with Crippen LogP contribution >= 0.6 is 11.8 Å². The maximum atomic E-state index is 12.3. The standard InChI is InChI=1S/C15H19N3O2S/c19-14-9-21-13-6-5-10(8-12(13)18-14)17-15(20)11-4-2-1-3-7-16-11/h5-6,8,11,16H,1-4,7,9H2,(H,17,20)(H,18,19). The van der Waals surface area contributed by atoms with Gasteiger partial charge in [-0.2, -0.15) is 0 Å². The molecule has 6 heteroatoms. The Kier molecular flexibility index (Phi) is 4.45. The highest BCUT2D eigenvalue weighted by Crippen LogP contribution is 2.33. The smallest absolute Gasteiger partial charge is 0.241 e. The molecule has 3 N–H and O–H groups in total. The summed E-state index contributed by atoms with van der Waals surface area (Å²) in [6.45, 7) is 0.898. The molecule has 5 nitrogen and oxygen atoms in total. The zero-order chi connectivity index (χ0) is 14.7. The van der Waals surface area contributed by atoms with E-state index >= 15 is 0 Å². The normalized spacial score (nSPS) is 21.9. The fourth-order valence-corrected chi connectivity index (χ4v) is 3.43. The number of carbonyl (C=O) groups excluding carboxylic acids is 2. The minimum atomic E-state index is -0.118. The quantitative estimate of drug-likeness (QED) is 0.783. The van der Waals surface area contributed by atoms with Crippen molar-refractivity contribution in [2.75, 3.05) is 22.9 Å². The Bertz CT molecular complexity index is 554. The first-order valence-corrected chi connectivity index (χ1v) is 8.32. The maximum absolute atomic E-state index is 12.3. The molecule has 0 radical (unpaired) electrons. The molecular weight excluding hydrogens is 286 g/mol. The average Bonchev–Trinajstić information content (AvgIpc) is 2.76. The molecule has 1 saturated heterocycles. The summed E-state index contributed by atoms with van der Waals surface area (Å²) < 4.78 is 0. The number of nitrogens with one attached hydrogen (secondary N) is 3. The van der Waals surface area contributed by atoms with Crippen LogP contribution in [0.3, 0.4) is 0 Å². The van der Waals surface area contributed by atoms with Crippen molar-refractivity contribution in [3.8, 4) is 0 Å². The van der Waals surface area contributed by atoms with Gasteiger partial charge in [-0.15, -0.1) is 11.8 Å². The molecule has 2 aliphatic rings. The number of rotatable bonds is 2. The Labute approximate surface area is 128 Å². The molecule has 21 heavy (non-hydrogen) atoms. The molecule has 3 rings (SSSR count). The summed E-state index contributed by atoms with van der Waals surface area (Å²) in [6, 6.07) is 5.54. The molecule has 0 spiro atoms. The van der Waals surface area contributed by atoms with Crippen LogP contribution in [0.1, 0.15) is 25.7 Å². The lowest BCUT2D eigenvalue weighted by molar-refractivity contribution is -0.118. The van der Waals surface area contributed by atoms with Gasteiger partial charge in [-0.05, 0) is 37.6 Å². The molecule has 2 amide bonds. The third kappa shape index (κ3) is 3.57. The van der Waals surface area contributed by atoms with Crippen molar-refractivity contribution in [1.82, 2.24) is 5.32 Å². The number of thioether (sulfide) groups is 1. The van der Waals surface area contributed by atoms with E-state index in [0.717, 1.165) is 42.1 Å². The molecule has 1 fully saturated rings. The van der Waals surface area contributed by atoms with Crippen molar-refractivity contribution in [2.45, 2.75) is 36.6 Å². The van der Waals surface area contributed by atoms with Crippen LogP contribution in [0.5, 0.6) is 0 Å². The lowest BCUT2D eigenvalue weighted by Gasteiger charge is -2.19. The first kappa shape index (κ1) is 14.4. The molecule has 0 saturated carbocycles.